The largest absolute Gasteiger partial charge is 0.481 e. The molecule has 4 rings (SSSR count). The van der Waals surface area contributed by atoms with Crippen molar-refractivity contribution in [3.63, 3.8) is 0 Å². The van der Waals surface area contributed by atoms with Gasteiger partial charge in [-0.15, -0.1) is 0 Å². The van der Waals surface area contributed by atoms with Crippen molar-refractivity contribution in [2.75, 3.05) is 12.0 Å². The maximum atomic E-state index is 14.6. The molecule has 0 radical (unpaired) electrons. The van der Waals surface area contributed by atoms with Crippen LogP contribution in [0.4, 0.5) is 19.3 Å². The van der Waals surface area contributed by atoms with Gasteiger partial charge in [-0.1, -0.05) is 0 Å². The first-order valence-electron chi connectivity index (χ1n) is 8.63. The zero-order valence-electron chi connectivity index (χ0n) is 15.8. The molecule has 2 N–H and O–H groups in total. The second kappa shape index (κ2) is 7.59. The SMILES string of the molecule is COc1ccc2c3c(cnc2n1)COC(=O)N3Cc1c(F)cc(OS(N)(=O)=O)cc1F. The number of hydrogen-bond acceptors (Lipinski definition) is 8. The highest BCUT2D eigenvalue weighted by Gasteiger charge is 2.30. The number of anilines is 1. The highest BCUT2D eigenvalue weighted by atomic mass is 32.2. The molecule has 1 amide bonds. The number of carbonyl (C=O) groups is 1. The lowest BCUT2D eigenvalue weighted by Crippen LogP contribution is -2.36. The maximum Gasteiger partial charge on any atom is 0.414 e. The first-order chi connectivity index (χ1) is 14.7. The molecule has 0 atom stereocenters. The van der Waals surface area contributed by atoms with Gasteiger partial charge in [-0.2, -0.15) is 18.5 Å². The average molecular weight is 452 g/mol. The molecule has 13 heteroatoms. The number of pyridine rings is 2. The molecule has 0 unspecified atom stereocenters. The van der Waals surface area contributed by atoms with Gasteiger partial charge in [-0.05, 0) is 6.07 Å². The molecule has 3 heterocycles. The van der Waals surface area contributed by atoms with Crippen molar-refractivity contribution in [1.29, 1.82) is 0 Å². The van der Waals surface area contributed by atoms with Crippen LogP contribution in [0.1, 0.15) is 11.1 Å². The van der Waals surface area contributed by atoms with E-state index in [9.17, 15) is 22.0 Å². The lowest BCUT2D eigenvalue weighted by Gasteiger charge is -2.30. The van der Waals surface area contributed by atoms with Gasteiger partial charge in [-0.25, -0.2) is 18.6 Å². The summed E-state index contributed by atoms with van der Waals surface area (Å²) in [5, 5.41) is 5.16. The lowest BCUT2D eigenvalue weighted by molar-refractivity contribution is 0.141. The summed E-state index contributed by atoms with van der Waals surface area (Å²) in [4.78, 5) is 21.9. The van der Waals surface area contributed by atoms with Gasteiger partial charge < -0.3 is 13.7 Å². The Morgan fingerprint density at radius 3 is 2.61 bits per heavy atom. The summed E-state index contributed by atoms with van der Waals surface area (Å²) < 4.78 is 65.6. The zero-order chi connectivity index (χ0) is 22.3. The molecule has 0 aliphatic carbocycles. The zero-order valence-corrected chi connectivity index (χ0v) is 16.7. The van der Waals surface area contributed by atoms with Crippen LogP contribution < -0.4 is 19.0 Å². The molecule has 1 aromatic carbocycles. The van der Waals surface area contributed by atoms with E-state index < -0.39 is 45.9 Å². The molecular weight excluding hydrogens is 438 g/mol. The summed E-state index contributed by atoms with van der Waals surface area (Å²) in [6, 6.07) is 4.48. The van der Waals surface area contributed by atoms with Gasteiger partial charge >= 0.3 is 16.4 Å². The number of halogens is 2. The number of ether oxygens (including phenoxy) is 2. The normalized spacial score (nSPS) is 13.7. The van der Waals surface area contributed by atoms with E-state index >= 15 is 0 Å². The molecule has 0 saturated carbocycles. The third-order valence-corrected chi connectivity index (χ3v) is 4.87. The van der Waals surface area contributed by atoms with Crippen molar-refractivity contribution < 1.29 is 35.6 Å². The Morgan fingerprint density at radius 2 is 1.97 bits per heavy atom. The Bertz CT molecular complexity index is 1290. The minimum absolute atomic E-state index is 0.0776. The molecule has 162 valence electrons. The highest BCUT2D eigenvalue weighted by Crippen LogP contribution is 2.36. The standard InChI is InChI=1S/C18H14F2N4O6S/c1-28-15-3-2-11-16-9(6-22-17(11)23-15)8-29-18(25)24(16)7-12-13(19)4-10(5-14(12)20)30-31(21,26)27/h2-6H,7-8H2,1H3,(H2,21,26,27). The van der Waals surface area contributed by atoms with E-state index in [4.69, 9.17) is 14.6 Å². The first kappa shape index (κ1) is 20.7. The molecular formula is C18H14F2N4O6S. The monoisotopic (exact) mass is 452 g/mol. The summed E-state index contributed by atoms with van der Waals surface area (Å²) in [6.45, 7) is -0.629. The Kier molecular flexibility index (Phi) is 5.07. The Hall–Kier alpha value is -3.58. The number of nitrogens with two attached hydrogens (primary N) is 1. The van der Waals surface area contributed by atoms with Gasteiger partial charge in [0.1, 0.15) is 24.0 Å². The van der Waals surface area contributed by atoms with Gasteiger partial charge in [0.05, 0.1) is 19.3 Å². The van der Waals surface area contributed by atoms with Crippen molar-refractivity contribution in [3.8, 4) is 11.6 Å². The number of benzene rings is 1. The van der Waals surface area contributed by atoms with Crippen molar-refractivity contribution in [3.05, 3.63) is 53.2 Å². The van der Waals surface area contributed by atoms with Crippen LogP contribution in [-0.2, 0) is 28.2 Å². The third-order valence-electron chi connectivity index (χ3n) is 4.45. The van der Waals surface area contributed by atoms with E-state index in [0.717, 1.165) is 4.90 Å². The first-order valence-corrected chi connectivity index (χ1v) is 10.1. The predicted molar refractivity (Wildman–Crippen MR) is 103 cm³/mol. The predicted octanol–water partition coefficient (Wildman–Crippen LogP) is 2.16. The molecule has 3 aromatic rings. The van der Waals surface area contributed by atoms with Crippen LogP contribution >= 0.6 is 0 Å². The Morgan fingerprint density at radius 1 is 1.26 bits per heavy atom. The van der Waals surface area contributed by atoms with Gasteiger partial charge in [0.15, 0.2) is 5.65 Å². The summed E-state index contributed by atoms with van der Waals surface area (Å²) in [5.41, 5.74) is 0.586. The number of hydrogen-bond donors (Lipinski definition) is 1. The highest BCUT2D eigenvalue weighted by molar-refractivity contribution is 7.84. The van der Waals surface area contributed by atoms with Crippen LogP contribution in [0, 0.1) is 11.6 Å². The maximum absolute atomic E-state index is 14.6. The molecule has 0 spiro atoms. The summed E-state index contributed by atoms with van der Waals surface area (Å²) >= 11 is 0. The van der Waals surface area contributed by atoms with Gasteiger partial charge in [0.25, 0.3) is 0 Å². The summed E-state index contributed by atoms with van der Waals surface area (Å²) in [6.07, 6.45) is 0.610. The van der Waals surface area contributed by atoms with Gasteiger partial charge in [-0.3, -0.25) is 4.90 Å². The molecule has 0 fully saturated rings. The summed E-state index contributed by atoms with van der Waals surface area (Å²) in [5.74, 6) is -2.63. The number of cyclic esters (lactones) is 1. The molecule has 2 aromatic heterocycles. The lowest BCUT2D eigenvalue weighted by atomic mass is 10.1. The third kappa shape index (κ3) is 4.04. The van der Waals surface area contributed by atoms with E-state index in [-0.39, 0.29) is 12.3 Å². The molecule has 1 aliphatic rings. The minimum Gasteiger partial charge on any atom is -0.481 e. The van der Waals surface area contributed by atoms with E-state index in [0.29, 0.717) is 34.6 Å². The topological polar surface area (TPSA) is 134 Å². The number of rotatable bonds is 5. The van der Waals surface area contributed by atoms with Crippen molar-refractivity contribution in [2.45, 2.75) is 13.2 Å². The number of carbonyl (C=O) groups excluding carboxylic acids is 1. The number of fused-ring (bicyclic) bond motifs is 3. The van der Waals surface area contributed by atoms with Gasteiger partial charge in [0, 0.05) is 40.9 Å². The van der Waals surface area contributed by atoms with Crippen molar-refractivity contribution >= 4 is 33.1 Å². The van der Waals surface area contributed by atoms with Crippen LogP contribution in [0.5, 0.6) is 11.6 Å². The molecule has 10 nitrogen and oxygen atoms in total. The van der Waals surface area contributed by atoms with Crippen LogP contribution in [0.2, 0.25) is 0 Å². The fraction of sp³-hybridized carbons (Fsp3) is 0.167. The Balaban J connectivity index is 1.78. The number of amides is 1. The van der Waals surface area contributed by atoms with Crippen LogP contribution in [-0.4, -0.2) is 31.6 Å². The average Bonchev–Trinajstić information content (AvgIpc) is 2.70. The van der Waals surface area contributed by atoms with Crippen molar-refractivity contribution in [2.24, 2.45) is 5.14 Å². The summed E-state index contributed by atoms with van der Waals surface area (Å²) in [7, 11) is -3.04. The second-order valence-corrected chi connectivity index (χ2v) is 7.59. The molecule has 0 saturated heterocycles. The van der Waals surface area contributed by atoms with E-state index in [1.165, 1.54) is 13.3 Å². The van der Waals surface area contributed by atoms with Gasteiger partial charge in [0.2, 0.25) is 5.88 Å². The molecule has 31 heavy (non-hydrogen) atoms. The van der Waals surface area contributed by atoms with Crippen LogP contribution in [0.15, 0.2) is 30.5 Å². The van der Waals surface area contributed by atoms with Crippen LogP contribution in [0.25, 0.3) is 11.0 Å². The number of aromatic nitrogens is 2. The quantitative estimate of drug-likeness (QED) is 0.622. The minimum atomic E-state index is -4.47. The van der Waals surface area contributed by atoms with E-state index in [1.54, 1.807) is 12.1 Å². The fourth-order valence-electron chi connectivity index (χ4n) is 3.15. The molecule has 1 aliphatic heterocycles. The smallest absolute Gasteiger partial charge is 0.414 e. The number of nitrogens with zero attached hydrogens (tertiary/aromatic N) is 3. The van der Waals surface area contributed by atoms with Crippen LogP contribution in [0.3, 0.4) is 0 Å². The molecule has 0 bridgehead atoms. The van der Waals surface area contributed by atoms with E-state index in [2.05, 4.69) is 14.2 Å². The van der Waals surface area contributed by atoms with E-state index in [1.807, 2.05) is 0 Å². The number of methoxy groups -OCH3 is 1. The second-order valence-electron chi connectivity index (χ2n) is 6.44. The van der Waals surface area contributed by atoms with Crippen molar-refractivity contribution in [1.82, 2.24) is 9.97 Å². The fourth-order valence-corrected chi connectivity index (χ4v) is 3.51. The Labute approximate surface area is 174 Å².